The lowest BCUT2D eigenvalue weighted by Crippen LogP contribution is -2.55. The third-order valence-electron chi connectivity index (χ3n) is 6.81. The highest BCUT2D eigenvalue weighted by Crippen LogP contribution is 2.29. The van der Waals surface area contributed by atoms with Crippen LogP contribution in [-0.2, 0) is 11.2 Å². The molecule has 1 aliphatic rings. The van der Waals surface area contributed by atoms with Gasteiger partial charge in [-0.1, -0.05) is 43.0 Å². The Morgan fingerprint density at radius 1 is 1.05 bits per heavy atom. The Labute approximate surface area is 226 Å². The van der Waals surface area contributed by atoms with E-state index in [9.17, 15) is 9.59 Å². The van der Waals surface area contributed by atoms with Gasteiger partial charge in [0.25, 0.3) is 5.91 Å². The van der Waals surface area contributed by atoms with E-state index in [1.54, 1.807) is 6.26 Å². The van der Waals surface area contributed by atoms with Crippen LogP contribution in [0.5, 0.6) is 0 Å². The largest absolute Gasteiger partial charge is 0.461 e. The number of hydrogen-bond acceptors (Lipinski definition) is 6. The standard InChI is InChI=1S/C29H31N5O3S/c1-4-22-10-12-23(13-11-22)28(36)33-15-14-32(18-21(33)3)26(35)19-38-29-31-30-27(25-9-6-16-37-25)34(29)24-8-5-7-20(2)17-24/h5-13,16-17,21H,4,14-15,18-19H2,1-3H3. The van der Waals surface area contributed by atoms with Crippen LogP contribution in [0, 0.1) is 6.92 Å². The predicted molar refractivity (Wildman–Crippen MR) is 147 cm³/mol. The van der Waals surface area contributed by atoms with Gasteiger partial charge in [-0.3, -0.25) is 14.2 Å². The number of benzene rings is 2. The summed E-state index contributed by atoms with van der Waals surface area (Å²) >= 11 is 1.35. The number of hydrogen-bond donors (Lipinski definition) is 0. The zero-order valence-electron chi connectivity index (χ0n) is 21.8. The second-order valence-electron chi connectivity index (χ2n) is 9.48. The normalized spacial score (nSPS) is 15.6. The van der Waals surface area contributed by atoms with Crippen molar-refractivity contribution < 1.29 is 14.0 Å². The molecule has 0 N–H and O–H groups in total. The number of aryl methyl sites for hydroxylation is 2. The van der Waals surface area contributed by atoms with Crippen molar-refractivity contribution in [3.63, 3.8) is 0 Å². The van der Waals surface area contributed by atoms with E-state index in [1.807, 2.05) is 82.8 Å². The number of carbonyl (C=O) groups excluding carboxylic acids is 2. The quantitative estimate of drug-likeness (QED) is 0.318. The summed E-state index contributed by atoms with van der Waals surface area (Å²) < 4.78 is 7.51. The Morgan fingerprint density at radius 2 is 1.87 bits per heavy atom. The van der Waals surface area contributed by atoms with Crippen molar-refractivity contribution in [2.45, 2.75) is 38.4 Å². The minimum Gasteiger partial charge on any atom is -0.461 e. The van der Waals surface area contributed by atoms with Gasteiger partial charge in [0.2, 0.25) is 11.7 Å². The smallest absolute Gasteiger partial charge is 0.254 e. The maximum absolute atomic E-state index is 13.2. The Hall–Kier alpha value is -3.85. The fourth-order valence-electron chi connectivity index (χ4n) is 4.68. The third-order valence-corrected chi connectivity index (χ3v) is 7.72. The van der Waals surface area contributed by atoms with Crippen LogP contribution in [0.4, 0.5) is 0 Å². The van der Waals surface area contributed by atoms with Gasteiger partial charge in [-0.2, -0.15) is 0 Å². The molecule has 4 aromatic rings. The molecule has 0 aliphatic carbocycles. The Kier molecular flexibility index (Phi) is 7.64. The third kappa shape index (κ3) is 5.38. The van der Waals surface area contributed by atoms with Crippen molar-refractivity contribution in [1.82, 2.24) is 24.6 Å². The minimum absolute atomic E-state index is 0.0124. The monoisotopic (exact) mass is 529 g/mol. The van der Waals surface area contributed by atoms with Crippen molar-refractivity contribution in [3.05, 3.63) is 83.6 Å². The van der Waals surface area contributed by atoms with E-state index in [1.165, 1.54) is 17.3 Å². The van der Waals surface area contributed by atoms with Crippen LogP contribution in [0.15, 0.2) is 76.5 Å². The Morgan fingerprint density at radius 3 is 2.55 bits per heavy atom. The first-order chi connectivity index (χ1) is 18.4. The van der Waals surface area contributed by atoms with E-state index in [0.29, 0.717) is 41.9 Å². The molecule has 9 heteroatoms. The van der Waals surface area contributed by atoms with E-state index < -0.39 is 0 Å². The summed E-state index contributed by atoms with van der Waals surface area (Å²) in [5.74, 6) is 1.44. The van der Waals surface area contributed by atoms with Crippen LogP contribution in [0.3, 0.4) is 0 Å². The summed E-state index contributed by atoms with van der Waals surface area (Å²) in [6, 6.07) is 19.4. The molecule has 0 bridgehead atoms. The molecular formula is C29H31N5O3S. The number of thioether (sulfide) groups is 1. The minimum atomic E-state index is -0.0717. The van der Waals surface area contributed by atoms with Crippen molar-refractivity contribution >= 4 is 23.6 Å². The lowest BCUT2D eigenvalue weighted by atomic mass is 10.1. The summed E-state index contributed by atoms with van der Waals surface area (Å²) in [5, 5.41) is 9.37. The summed E-state index contributed by atoms with van der Waals surface area (Å²) in [6.45, 7) is 7.63. The molecule has 3 heterocycles. The number of furan rings is 1. The fraction of sp³-hybridized carbons (Fsp3) is 0.310. The first-order valence-electron chi connectivity index (χ1n) is 12.8. The van der Waals surface area contributed by atoms with Gasteiger partial charge in [-0.15, -0.1) is 10.2 Å². The molecule has 2 aromatic carbocycles. The molecular weight excluding hydrogens is 498 g/mol. The van der Waals surface area contributed by atoms with Crippen LogP contribution in [0.1, 0.15) is 35.3 Å². The van der Waals surface area contributed by atoms with Crippen LogP contribution >= 0.6 is 11.8 Å². The number of aromatic nitrogens is 3. The second-order valence-corrected chi connectivity index (χ2v) is 10.4. The SMILES string of the molecule is CCc1ccc(C(=O)N2CCN(C(=O)CSc3nnc(-c4ccco4)n3-c3cccc(C)c3)CC2C)cc1. The van der Waals surface area contributed by atoms with Gasteiger partial charge in [0, 0.05) is 31.2 Å². The van der Waals surface area contributed by atoms with E-state index in [-0.39, 0.29) is 23.6 Å². The van der Waals surface area contributed by atoms with Crippen LogP contribution in [0.2, 0.25) is 0 Å². The van der Waals surface area contributed by atoms with Crippen LogP contribution in [0.25, 0.3) is 17.3 Å². The number of amides is 2. The van der Waals surface area contributed by atoms with Gasteiger partial charge < -0.3 is 14.2 Å². The van der Waals surface area contributed by atoms with Crippen LogP contribution < -0.4 is 0 Å². The molecule has 0 radical (unpaired) electrons. The van der Waals surface area contributed by atoms with Gasteiger partial charge in [-0.25, -0.2) is 0 Å². The average molecular weight is 530 g/mol. The average Bonchev–Trinajstić information content (AvgIpc) is 3.61. The van der Waals surface area contributed by atoms with E-state index >= 15 is 0 Å². The second kappa shape index (κ2) is 11.3. The van der Waals surface area contributed by atoms with Crippen molar-refractivity contribution in [1.29, 1.82) is 0 Å². The van der Waals surface area contributed by atoms with Crippen molar-refractivity contribution in [3.8, 4) is 17.3 Å². The maximum Gasteiger partial charge on any atom is 0.254 e. The summed E-state index contributed by atoms with van der Waals surface area (Å²) in [6.07, 6.45) is 2.54. The van der Waals surface area contributed by atoms with E-state index in [2.05, 4.69) is 23.2 Å². The zero-order valence-corrected chi connectivity index (χ0v) is 22.6. The van der Waals surface area contributed by atoms with Gasteiger partial charge in [0.1, 0.15) is 0 Å². The number of piperazine rings is 1. The predicted octanol–water partition coefficient (Wildman–Crippen LogP) is 4.86. The first-order valence-corrected chi connectivity index (χ1v) is 13.8. The Balaban J connectivity index is 1.26. The lowest BCUT2D eigenvalue weighted by molar-refractivity contribution is -0.130. The molecule has 0 saturated carbocycles. The lowest BCUT2D eigenvalue weighted by Gasteiger charge is -2.40. The molecule has 1 saturated heterocycles. The van der Waals surface area contributed by atoms with Gasteiger partial charge >= 0.3 is 0 Å². The number of carbonyl (C=O) groups is 2. The molecule has 1 unspecified atom stereocenters. The van der Waals surface area contributed by atoms with Gasteiger partial charge in [-0.05, 0) is 67.8 Å². The highest BCUT2D eigenvalue weighted by atomic mass is 32.2. The van der Waals surface area contributed by atoms with Crippen molar-refractivity contribution in [2.75, 3.05) is 25.4 Å². The fourth-order valence-corrected chi connectivity index (χ4v) is 5.54. The van der Waals surface area contributed by atoms with Crippen LogP contribution in [-0.4, -0.2) is 67.8 Å². The van der Waals surface area contributed by atoms with E-state index in [4.69, 9.17) is 4.42 Å². The highest BCUT2D eigenvalue weighted by molar-refractivity contribution is 7.99. The first kappa shape index (κ1) is 25.8. The molecule has 1 fully saturated rings. The van der Waals surface area contributed by atoms with Gasteiger partial charge in [0.05, 0.1) is 17.7 Å². The zero-order chi connectivity index (χ0) is 26.6. The molecule has 0 spiro atoms. The molecule has 1 aliphatic heterocycles. The summed E-state index contributed by atoms with van der Waals surface area (Å²) in [7, 11) is 0. The van der Waals surface area contributed by atoms with E-state index in [0.717, 1.165) is 17.7 Å². The Bertz CT molecular complexity index is 1410. The number of nitrogens with zero attached hydrogens (tertiary/aromatic N) is 5. The maximum atomic E-state index is 13.2. The molecule has 2 amide bonds. The number of rotatable bonds is 7. The molecule has 2 aromatic heterocycles. The van der Waals surface area contributed by atoms with Crippen molar-refractivity contribution in [2.24, 2.45) is 0 Å². The molecule has 8 nitrogen and oxygen atoms in total. The molecule has 5 rings (SSSR count). The summed E-state index contributed by atoms with van der Waals surface area (Å²) in [5.41, 5.74) is 3.91. The molecule has 1 atom stereocenters. The molecule has 196 valence electrons. The summed E-state index contributed by atoms with van der Waals surface area (Å²) in [4.78, 5) is 30.0. The van der Waals surface area contributed by atoms with Gasteiger partial charge in [0.15, 0.2) is 10.9 Å². The highest BCUT2D eigenvalue weighted by Gasteiger charge is 2.30. The molecule has 38 heavy (non-hydrogen) atoms. The topological polar surface area (TPSA) is 84.5 Å².